The first kappa shape index (κ1) is 17.3. The van der Waals surface area contributed by atoms with Crippen LogP contribution in [0.15, 0.2) is 52.3 Å². The summed E-state index contributed by atoms with van der Waals surface area (Å²) in [5, 5.41) is -0.727. The minimum Gasteiger partial charge on any atom is -0.337 e. The van der Waals surface area contributed by atoms with Gasteiger partial charge in [0, 0.05) is 32.4 Å². The van der Waals surface area contributed by atoms with E-state index in [-0.39, 0.29) is 22.9 Å². The highest BCUT2D eigenvalue weighted by Crippen LogP contribution is 2.25. The van der Waals surface area contributed by atoms with Gasteiger partial charge in [-0.05, 0) is 36.8 Å². The highest BCUT2D eigenvalue weighted by molar-refractivity contribution is 7.92. The van der Waals surface area contributed by atoms with Crippen molar-refractivity contribution in [3.05, 3.63) is 64.3 Å². The zero-order valence-electron chi connectivity index (χ0n) is 13.6. The van der Waals surface area contributed by atoms with Gasteiger partial charge in [-0.2, -0.15) is 0 Å². The number of amides is 1. The van der Waals surface area contributed by atoms with Gasteiger partial charge in [0.25, 0.3) is 5.91 Å². The summed E-state index contributed by atoms with van der Waals surface area (Å²) in [6, 6.07) is 7.43. The molecule has 132 valence electrons. The van der Waals surface area contributed by atoms with Crippen LogP contribution in [0.5, 0.6) is 0 Å². The zero-order chi connectivity index (χ0) is 18.2. The maximum Gasteiger partial charge on any atom is 0.255 e. The Hall–Kier alpha value is -2.48. The molecule has 1 saturated heterocycles. The summed E-state index contributed by atoms with van der Waals surface area (Å²) in [6.45, 7) is 0.383. The first-order valence-electron chi connectivity index (χ1n) is 7.74. The van der Waals surface area contributed by atoms with Crippen molar-refractivity contribution in [2.24, 2.45) is 7.05 Å². The number of pyridine rings is 1. The fourth-order valence-electron chi connectivity index (χ4n) is 2.89. The lowest BCUT2D eigenvalue weighted by Crippen LogP contribution is -2.32. The Balaban J connectivity index is 1.78. The Kier molecular flexibility index (Phi) is 4.47. The van der Waals surface area contributed by atoms with Crippen LogP contribution in [-0.2, 0) is 16.9 Å². The molecule has 1 amide bonds. The number of aromatic nitrogens is 1. The molecule has 0 spiro atoms. The van der Waals surface area contributed by atoms with E-state index in [1.807, 2.05) is 0 Å². The van der Waals surface area contributed by atoms with Crippen LogP contribution < -0.4 is 5.56 Å². The standard InChI is InChI=1S/C17H17FN2O4S/c1-19-10-12(2-7-16(19)21)17(22)20-9-8-15(11-20)25(23,24)14-5-3-13(18)4-6-14/h2-7,10,15H,8-9,11H2,1H3. The lowest BCUT2D eigenvalue weighted by molar-refractivity contribution is 0.0792. The van der Waals surface area contributed by atoms with Crippen molar-refractivity contribution >= 4 is 15.7 Å². The van der Waals surface area contributed by atoms with Gasteiger partial charge < -0.3 is 9.47 Å². The maximum atomic E-state index is 13.0. The molecule has 1 fully saturated rings. The average Bonchev–Trinajstić information content (AvgIpc) is 3.08. The van der Waals surface area contributed by atoms with Crippen LogP contribution in [-0.4, -0.2) is 42.1 Å². The first-order valence-corrected chi connectivity index (χ1v) is 9.29. The Morgan fingerprint density at radius 1 is 1.16 bits per heavy atom. The fraction of sp³-hybridized carbons (Fsp3) is 0.294. The topological polar surface area (TPSA) is 76.5 Å². The molecule has 25 heavy (non-hydrogen) atoms. The molecule has 0 radical (unpaired) electrons. The molecule has 0 N–H and O–H groups in total. The number of hydrogen-bond acceptors (Lipinski definition) is 4. The number of carbonyl (C=O) groups excluding carboxylic acids is 1. The van der Waals surface area contributed by atoms with Gasteiger partial charge >= 0.3 is 0 Å². The van der Waals surface area contributed by atoms with Gasteiger partial charge in [-0.25, -0.2) is 12.8 Å². The molecule has 1 aliphatic rings. The predicted molar refractivity (Wildman–Crippen MR) is 89.6 cm³/mol. The van der Waals surface area contributed by atoms with Crippen molar-refractivity contribution in [1.29, 1.82) is 0 Å². The minimum atomic E-state index is -3.63. The molecule has 0 aliphatic carbocycles. The molecule has 1 aromatic heterocycles. The van der Waals surface area contributed by atoms with E-state index in [2.05, 4.69) is 0 Å². The normalized spacial score (nSPS) is 17.7. The second kappa shape index (κ2) is 6.44. The van der Waals surface area contributed by atoms with Crippen molar-refractivity contribution < 1.29 is 17.6 Å². The zero-order valence-corrected chi connectivity index (χ0v) is 14.4. The third-order valence-electron chi connectivity index (χ3n) is 4.35. The van der Waals surface area contributed by atoms with E-state index in [0.29, 0.717) is 18.5 Å². The lowest BCUT2D eigenvalue weighted by atomic mass is 10.2. The summed E-state index contributed by atoms with van der Waals surface area (Å²) < 4.78 is 39.6. The Labute approximate surface area is 144 Å². The summed E-state index contributed by atoms with van der Waals surface area (Å²) in [5.41, 5.74) is 0.108. The Morgan fingerprint density at radius 2 is 1.84 bits per heavy atom. The van der Waals surface area contributed by atoms with E-state index in [9.17, 15) is 22.4 Å². The summed E-state index contributed by atoms with van der Waals surface area (Å²) in [4.78, 5) is 25.5. The van der Waals surface area contributed by atoms with Crippen molar-refractivity contribution in [2.45, 2.75) is 16.6 Å². The smallest absolute Gasteiger partial charge is 0.255 e. The summed E-state index contributed by atoms with van der Waals surface area (Å²) in [5.74, 6) is -0.815. The molecule has 2 aromatic rings. The van der Waals surface area contributed by atoms with Gasteiger partial charge in [-0.1, -0.05) is 0 Å². The Morgan fingerprint density at radius 3 is 2.48 bits per heavy atom. The van der Waals surface area contributed by atoms with Crippen molar-refractivity contribution in [3.8, 4) is 0 Å². The number of nitrogens with zero attached hydrogens (tertiary/aromatic N) is 2. The largest absolute Gasteiger partial charge is 0.337 e. The SMILES string of the molecule is Cn1cc(C(=O)N2CCC(S(=O)(=O)c3ccc(F)cc3)C2)ccc1=O. The highest BCUT2D eigenvalue weighted by atomic mass is 32.2. The quantitative estimate of drug-likeness (QED) is 0.767. The molecule has 6 nitrogen and oxygen atoms in total. The van der Waals surface area contributed by atoms with E-state index >= 15 is 0 Å². The number of sulfone groups is 1. The van der Waals surface area contributed by atoms with Crippen LogP contribution in [0.2, 0.25) is 0 Å². The maximum absolute atomic E-state index is 13.0. The van der Waals surface area contributed by atoms with Crippen LogP contribution in [0.4, 0.5) is 4.39 Å². The number of rotatable bonds is 3. The van der Waals surface area contributed by atoms with E-state index in [4.69, 9.17) is 0 Å². The Bertz CT molecular complexity index is 967. The van der Waals surface area contributed by atoms with Crippen molar-refractivity contribution in [1.82, 2.24) is 9.47 Å². The lowest BCUT2D eigenvalue weighted by Gasteiger charge is -2.17. The van der Waals surface area contributed by atoms with Gasteiger partial charge in [-0.3, -0.25) is 9.59 Å². The number of halogens is 1. The molecule has 1 unspecified atom stereocenters. The highest BCUT2D eigenvalue weighted by Gasteiger charge is 2.36. The number of benzene rings is 1. The van der Waals surface area contributed by atoms with Crippen molar-refractivity contribution in [2.75, 3.05) is 13.1 Å². The van der Waals surface area contributed by atoms with Crippen LogP contribution in [0.3, 0.4) is 0 Å². The van der Waals surface area contributed by atoms with Crippen LogP contribution >= 0.6 is 0 Å². The number of aryl methyl sites for hydroxylation is 1. The van der Waals surface area contributed by atoms with E-state index in [1.54, 1.807) is 7.05 Å². The van der Waals surface area contributed by atoms with Gasteiger partial charge in [0.2, 0.25) is 5.56 Å². The average molecular weight is 364 g/mol. The molecular weight excluding hydrogens is 347 g/mol. The molecule has 0 bridgehead atoms. The molecule has 1 aromatic carbocycles. The number of hydrogen-bond donors (Lipinski definition) is 0. The van der Waals surface area contributed by atoms with Crippen molar-refractivity contribution in [3.63, 3.8) is 0 Å². The second-order valence-electron chi connectivity index (χ2n) is 6.03. The van der Waals surface area contributed by atoms with Crippen LogP contribution in [0.25, 0.3) is 0 Å². The van der Waals surface area contributed by atoms with Gasteiger partial charge in [-0.15, -0.1) is 0 Å². The molecule has 1 aliphatic heterocycles. The molecule has 2 heterocycles. The van der Waals surface area contributed by atoms with Gasteiger partial charge in [0.05, 0.1) is 15.7 Å². The third kappa shape index (κ3) is 3.34. The molecule has 3 rings (SSSR count). The molecule has 0 saturated carbocycles. The second-order valence-corrected chi connectivity index (χ2v) is 8.26. The van der Waals surface area contributed by atoms with Crippen LogP contribution in [0, 0.1) is 5.82 Å². The first-order chi connectivity index (χ1) is 11.8. The van der Waals surface area contributed by atoms with E-state index in [0.717, 1.165) is 12.1 Å². The summed E-state index contributed by atoms with van der Waals surface area (Å²) in [6.07, 6.45) is 1.75. The van der Waals surface area contributed by atoms with Gasteiger partial charge in [0.1, 0.15) is 5.82 Å². The van der Waals surface area contributed by atoms with E-state index in [1.165, 1.54) is 39.9 Å². The van der Waals surface area contributed by atoms with E-state index < -0.39 is 20.9 Å². The minimum absolute atomic E-state index is 0.0512. The predicted octanol–water partition coefficient (Wildman–Crippen LogP) is 1.21. The third-order valence-corrected chi connectivity index (χ3v) is 6.54. The number of likely N-dealkylation sites (tertiary alicyclic amines) is 1. The molecular formula is C17H17FN2O4S. The van der Waals surface area contributed by atoms with Gasteiger partial charge in [0.15, 0.2) is 9.84 Å². The summed E-state index contributed by atoms with van der Waals surface area (Å²) >= 11 is 0. The fourth-order valence-corrected chi connectivity index (χ4v) is 4.58. The van der Waals surface area contributed by atoms with Crippen LogP contribution in [0.1, 0.15) is 16.8 Å². The molecule has 8 heteroatoms. The summed E-state index contributed by atoms with van der Waals surface area (Å²) in [7, 11) is -2.09. The molecule has 1 atom stereocenters. The number of carbonyl (C=O) groups is 1. The monoisotopic (exact) mass is 364 g/mol.